The summed E-state index contributed by atoms with van der Waals surface area (Å²) in [5.74, 6) is 1.54. The van der Waals surface area contributed by atoms with Crippen LogP contribution in [-0.4, -0.2) is 58.9 Å². The van der Waals surface area contributed by atoms with Gasteiger partial charge in [-0.05, 0) is 0 Å². The van der Waals surface area contributed by atoms with E-state index in [0.29, 0.717) is 19.8 Å². The van der Waals surface area contributed by atoms with Gasteiger partial charge in [-0.1, -0.05) is 0 Å². The first-order valence-electron chi connectivity index (χ1n) is 6.30. The van der Waals surface area contributed by atoms with Crippen molar-refractivity contribution in [3.63, 3.8) is 0 Å². The maximum absolute atomic E-state index is 9.48. The highest BCUT2D eigenvalue weighted by molar-refractivity contribution is 5.67. The lowest BCUT2D eigenvalue weighted by atomic mass is 10.2. The highest BCUT2D eigenvalue weighted by Crippen LogP contribution is 2.23. The Morgan fingerprint density at radius 3 is 3.26 bits per heavy atom. The third-order valence-corrected chi connectivity index (χ3v) is 3.32. The first kappa shape index (κ1) is 12.2. The van der Waals surface area contributed by atoms with Gasteiger partial charge in [0, 0.05) is 26.0 Å². The molecule has 0 spiro atoms. The Bertz CT molecular complexity index is 570. The fraction of sp³-hybridized carbons (Fsp3) is 0.500. The molecule has 7 heteroatoms. The Morgan fingerprint density at radius 2 is 2.47 bits per heavy atom. The standard InChI is InChI=1S/C12H17N5O2/c1-13-10-6-16-3-2-14-11(16)12(15-10)17-4-5-19-8-9(17)7-18/h2-3,6,9,13,18H,4-5,7-8H2,1H3. The first-order chi connectivity index (χ1) is 9.33. The van der Waals surface area contributed by atoms with Crippen molar-refractivity contribution in [3.8, 4) is 0 Å². The number of morpholine rings is 1. The molecule has 0 aliphatic carbocycles. The summed E-state index contributed by atoms with van der Waals surface area (Å²) in [6, 6.07) is -0.0751. The van der Waals surface area contributed by atoms with Crippen molar-refractivity contribution in [2.24, 2.45) is 0 Å². The SMILES string of the molecule is CNc1cn2ccnc2c(N2CCOCC2CO)n1. The van der Waals surface area contributed by atoms with Gasteiger partial charge in [-0.3, -0.25) is 0 Å². The molecule has 102 valence electrons. The van der Waals surface area contributed by atoms with Crippen molar-refractivity contribution >= 4 is 17.3 Å². The Kier molecular flexibility index (Phi) is 3.22. The van der Waals surface area contributed by atoms with E-state index in [4.69, 9.17) is 4.74 Å². The van der Waals surface area contributed by atoms with E-state index < -0.39 is 0 Å². The molecule has 3 rings (SSSR count). The molecule has 1 fully saturated rings. The molecule has 1 atom stereocenters. The molecule has 0 bridgehead atoms. The molecule has 2 N–H and O–H groups in total. The van der Waals surface area contributed by atoms with Crippen LogP contribution in [0.15, 0.2) is 18.6 Å². The predicted octanol–water partition coefficient (Wildman–Crippen LogP) is -0.0315. The number of fused-ring (bicyclic) bond motifs is 1. The monoisotopic (exact) mass is 263 g/mol. The Hall–Kier alpha value is -1.86. The second kappa shape index (κ2) is 5.02. The Balaban J connectivity index is 2.08. The molecule has 0 aromatic carbocycles. The second-order valence-electron chi connectivity index (χ2n) is 4.46. The van der Waals surface area contributed by atoms with E-state index in [9.17, 15) is 5.11 Å². The number of aliphatic hydroxyl groups excluding tert-OH is 1. The van der Waals surface area contributed by atoms with Gasteiger partial charge in [-0.2, -0.15) is 0 Å². The van der Waals surface area contributed by atoms with Crippen LogP contribution in [0.4, 0.5) is 11.6 Å². The van der Waals surface area contributed by atoms with E-state index in [-0.39, 0.29) is 12.6 Å². The lowest BCUT2D eigenvalue weighted by molar-refractivity contribution is 0.0724. The molecule has 2 aromatic heterocycles. The molecule has 0 saturated carbocycles. The fourth-order valence-electron chi connectivity index (χ4n) is 2.31. The molecular weight excluding hydrogens is 246 g/mol. The van der Waals surface area contributed by atoms with Crippen molar-refractivity contribution < 1.29 is 9.84 Å². The van der Waals surface area contributed by atoms with Crippen LogP contribution in [0.3, 0.4) is 0 Å². The molecule has 1 saturated heterocycles. The minimum atomic E-state index is -0.0751. The minimum Gasteiger partial charge on any atom is -0.394 e. The number of hydrogen-bond donors (Lipinski definition) is 2. The van der Waals surface area contributed by atoms with E-state index in [2.05, 4.69) is 20.2 Å². The van der Waals surface area contributed by atoms with E-state index in [0.717, 1.165) is 17.3 Å². The summed E-state index contributed by atoms with van der Waals surface area (Å²) in [6.45, 7) is 1.88. The summed E-state index contributed by atoms with van der Waals surface area (Å²) in [4.78, 5) is 11.0. The largest absolute Gasteiger partial charge is 0.394 e. The molecule has 1 aliphatic heterocycles. The number of aromatic nitrogens is 3. The average molecular weight is 263 g/mol. The number of ether oxygens (including phenoxy) is 1. The van der Waals surface area contributed by atoms with Crippen LogP contribution >= 0.6 is 0 Å². The average Bonchev–Trinajstić information content (AvgIpc) is 2.94. The predicted molar refractivity (Wildman–Crippen MR) is 71.6 cm³/mol. The third-order valence-electron chi connectivity index (χ3n) is 3.32. The van der Waals surface area contributed by atoms with E-state index >= 15 is 0 Å². The smallest absolute Gasteiger partial charge is 0.180 e. The lowest BCUT2D eigenvalue weighted by Gasteiger charge is -2.35. The highest BCUT2D eigenvalue weighted by Gasteiger charge is 2.26. The zero-order valence-electron chi connectivity index (χ0n) is 10.8. The van der Waals surface area contributed by atoms with Gasteiger partial charge in [0.05, 0.1) is 32.1 Å². The first-order valence-corrected chi connectivity index (χ1v) is 6.30. The van der Waals surface area contributed by atoms with Crippen LogP contribution in [-0.2, 0) is 4.74 Å². The van der Waals surface area contributed by atoms with Crippen LogP contribution < -0.4 is 10.2 Å². The van der Waals surface area contributed by atoms with Gasteiger partial charge in [0.25, 0.3) is 0 Å². The van der Waals surface area contributed by atoms with Gasteiger partial charge < -0.3 is 24.5 Å². The van der Waals surface area contributed by atoms with Crippen LogP contribution in [0.1, 0.15) is 0 Å². The van der Waals surface area contributed by atoms with Gasteiger partial charge in [0.1, 0.15) is 5.82 Å². The van der Waals surface area contributed by atoms with Gasteiger partial charge >= 0.3 is 0 Å². The maximum Gasteiger partial charge on any atom is 0.180 e. The van der Waals surface area contributed by atoms with Gasteiger partial charge in [-0.15, -0.1) is 0 Å². The summed E-state index contributed by atoms with van der Waals surface area (Å²) in [6.07, 6.45) is 5.52. The maximum atomic E-state index is 9.48. The number of rotatable bonds is 3. The molecule has 7 nitrogen and oxygen atoms in total. The molecule has 19 heavy (non-hydrogen) atoms. The van der Waals surface area contributed by atoms with Crippen molar-refractivity contribution in [2.45, 2.75) is 6.04 Å². The summed E-state index contributed by atoms with van der Waals surface area (Å²) < 4.78 is 7.33. The number of aliphatic hydroxyl groups is 1. The molecule has 1 unspecified atom stereocenters. The Morgan fingerprint density at radius 1 is 1.58 bits per heavy atom. The van der Waals surface area contributed by atoms with Gasteiger partial charge in [-0.25, -0.2) is 9.97 Å². The normalized spacial score (nSPS) is 19.9. The number of hydrogen-bond acceptors (Lipinski definition) is 6. The van der Waals surface area contributed by atoms with Crippen LogP contribution in [0.5, 0.6) is 0 Å². The number of imidazole rings is 1. The highest BCUT2D eigenvalue weighted by atomic mass is 16.5. The topological polar surface area (TPSA) is 74.9 Å². The van der Waals surface area contributed by atoms with Crippen molar-refractivity contribution in [2.75, 3.05) is 43.6 Å². The third kappa shape index (κ3) is 2.11. The molecular formula is C12H17N5O2. The fourth-order valence-corrected chi connectivity index (χ4v) is 2.31. The molecule has 3 heterocycles. The lowest BCUT2D eigenvalue weighted by Crippen LogP contribution is -2.48. The second-order valence-corrected chi connectivity index (χ2v) is 4.46. The number of anilines is 2. The van der Waals surface area contributed by atoms with Crippen molar-refractivity contribution in [1.82, 2.24) is 14.4 Å². The van der Waals surface area contributed by atoms with Crippen molar-refractivity contribution in [3.05, 3.63) is 18.6 Å². The minimum absolute atomic E-state index is 0.0400. The molecule has 1 aliphatic rings. The summed E-state index contributed by atoms with van der Waals surface area (Å²) in [7, 11) is 1.83. The summed E-state index contributed by atoms with van der Waals surface area (Å²) in [5.41, 5.74) is 0.791. The quantitative estimate of drug-likeness (QED) is 0.810. The number of nitrogens with zero attached hydrogens (tertiary/aromatic N) is 4. The van der Waals surface area contributed by atoms with Gasteiger partial charge in [0.15, 0.2) is 11.5 Å². The van der Waals surface area contributed by atoms with Crippen LogP contribution in [0.2, 0.25) is 0 Å². The zero-order chi connectivity index (χ0) is 13.2. The molecule has 0 amide bonds. The molecule has 0 radical (unpaired) electrons. The summed E-state index contributed by atoms with van der Waals surface area (Å²) in [5, 5.41) is 12.5. The number of nitrogens with one attached hydrogen (secondary N) is 1. The summed E-state index contributed by atoms with van der Waals surface area (Å²) >= 11 is 0. The zero-order valence-corrected chi connectivity index (χ0v) is 10.8. The van der Waals surface area contributed by atoms with Crippen LogP contribution in [0, 0.1) is 0 Å². The van der Waals surface area contributed by atoms with E-state index in [1.54, 1.807) is 6.20 Å². The van der Waals surface area contributed by atoms with Crippen LogP contribution in [0.25, 0.3) is 5.65 Å². The van der Waals surface area contributed by atoms with E-state index in [1.807, 2.05) is 23.8 Å². The van der Waals surface area contributed by atoms with Crippen molar-refractivity contribution in [1.29, 1.82) is 0 Å². The van der Waals surface area contributed by atoms with E-state index in [1.165, 1.54) is 0 Å². The van der Waals surface area contributed by atoms with Gasteiger partial charge in [0.2, 0.25) is 0 Å². The Labute approximate surface area is 110 Å². The molecule has 2 aromatic rings.